The number of nitrogens with one attached hydrogen (secondary N) is 2. The van der Waals surface area contributed by atoms with Crippen molar-refractivity contribution < 1.29 is 28.7 Å². The molecule has 3 rings (SSSR count). The molecule has 5 amide bonds. The highest BCUT2D eigenvalue weighted by molar-refractivity contribution is 9.09. The van der Waals surface area contributed by atoms with Crippen LogP contribution in [0.5, 0.6) is 5.75 Å². The molecule has 9 nitrogen and oxygen atoms in total. The Morgan fingerprint density at radius 1 is 1.25 bits per heavy atom. The number of halogens is 1. The Balaban J connectivity index is 1.76. The summed E-state index contributed by atoms with van der Waals surface area (Å²) in [4.78, 5) is 61.7. The Morgan fingerprint density at radius 2 is 2.04 bits per heavy atom. The second kappa shape index (κ2) is 8.51. The van der Waals surface area contributed by atoms with Crippen LogP contribution < -0.4 is 15.4 Å². The van der Waals surface area contributed by atoms with Crippen LogP contribution >= 0.6 is 15.9 Å². The van der Waals surface area contributed by atoms with Crippen LogP contribution in [0.3, 0.4) is 0 Å². The summed E-state index contributed by atoms with van der Waals surface area (Å²) in [6.45, 7) is 0.180. The highest BCUT2D eigenvalue weighted by Gasteiger charge is 2.46. The van der Waals surface area contributed by atoms with Crippen molar-refractivity contribution in [1.82, 2.24) is 15.5 Å². The first-order chi connectivity index (χ1) is 13.4. The van der Waals surface area contributed by atoms with Gasteiger partial charge in [-0.15, -0.1) is 0 Å². The lowest BCUT2D eigenvalue weighted by Gasteiger charge is -2.27. The number of piperidine rings is 1. The minimum Gasteiger partial charge on any atom is -0.483 e. The van der Waals surface area contributed by atoms with Gasteiger partial charge in [0.05, 0.1) is 11.1 Å². The Kier molecular flexibility index (Phi) is 6.08. The summed E-state index contributed by atoms with van der Waals surface area (Å²) in [5.74, 6) is -2.67. The van der Waals surface area contributed by atoms with Gasteiger partial charge in [0.15, 0.2) is 6.61 Å². The molecule has 2 N–H and O–H groups in total. The summed E-state index contributed by atoms with van der Waals surface area (Å²) in [5, 5.41) is 5.57. The highest BCUT2D eigenvalue weighted by atomic mass is 79.9. The van der Waals surface area contributed by atoms with Gasteiger partial charge in [0.1, 0.15) is 11.8 Å². The quantitative estimate of drug-likeness (QED) is 0.350. The fraction of sp³-hybridized carbons (Fsp3) is 0.389. The molecule has 0 aromatic heterocycles. The third-order valence-electron chi connectivity index (χ3n) is 4.42. The van der Waals surface area contributed by atoms with E-state index in [0.717, 1.165) is 16.7 Å². The van der Waals surface area contributed by atoms with E-state index in [0.29, 0.717) is 6.54 Å². The van der Waals surface area contributed by atoms with E-state index in [1.807, 2.05) is 0 Å². The number of hydrogen-bond acceptors (Lipinski definition) is 6. The smallest absolute Gasteiger partial charge is 0.266 e. The van der Waals surface area contributed by atoms with Gasteiger partial charge in [-0.3, -0.25) is 34.2 Å². The van der Waals surface area contributed by atoms with E-state index >= 15 is 0 Å². The summed E-state index contributed by atoms with van der Waals surface area (Å²) in [5.41, 5.74) is 0.123. The SMILES string of the molecule is O=C(COc1cccc2c1C(=O)N(C1CCC(=O)NC1=O)C2=O)NCCCBr. The number of rotatable bonds is 7. The summed E-state index contributed by atoms with van der Waals surface area (Å²) < 4.78 is 5.46. The standard InChI is InChI=1S/C18H18BrN3O6/c19-7-2-8-20-14(24)9-28-12-4-1-3-10-15(12)18(27)22(17(10)26)11-5-6-13(23)21-16(11)25/h1,3-4,11H,2,5-9H2,(H,20,24)(H,21,23,25). The molecule has 1 atom stereocenters. The van der Waals surface area contributed by atoms with Crippen molar-refractivity contribution in [2.75, 3.05) is 18.5 Å². The van der Waals surface area contributed by atoms with Crippen molar-refractivity contribution in [2.45, 2.75) is 25.3 Å². The monoisotopic (exact) mass is 451 g/mol. The van der Waals surface area contributed by atoms with Gasteiger partial charge in [0, 0.05) is 18.3 Å². The molecular formula is C18H18BrN3O6. The molecule has 2 heterocycles. The maximum atomic E-state index is 12.9. The first kappa shape index (κ1) is 20.0. The van der Waals surface area contributed by atoms with Gasteiger partial charge >= 0.3 is 0 Å². The van der Waals surface area contributed by atoms with E-state index < -0.39 is 29.7 Å². The topological polar surface area (TPSA) is 122 Å². The van der Waals surface area contributed by atoms with Gasteiger partial charge in [-0.05, 0) is 25.0 Å². The Morgan fingerprint density at radius 3 is 2.75 bits per heavy atom. The van der Waals surface area contributed by atoms with Gasteiger partial charge in [0.2, 0.25) is 11.8 Å². The van der Waals surface area contributed by atoms with Crippen molar-refractivity contribution in [3.63, 3.8) is 0 Å². The van der Waals surface area contributed by atoms with E-state index in [4.69, 9.17) is 4.74 Å². The van der Waals surface area contributed by atoms with Crippen molar-refractivity contribution in [1.29, 1.82) is 0 Å². The van der Waals surface area contributed by atoms with Crippen LogP contribution in [0, 0.1) is 0 Å². The van der Waals surface area contributed by atoms with Crippen LogP contribution in [0.4, 0.5) is 0 Å². The fourth-order valence-electron chi connectivity index (χ4n) is 3.09. The molecule has 1 unspecified atom stereocenters. The number of amides is 5. The zero-order chi connectivity index (χ0) is 20.3. The number of imide groups is 2. The molecule has 0 radical (unpaired) electrons. The van der Waals surface area contributed by atoms with Gasteiger partial charge in [-0.25, -0.2) is 0 Å². The molecule has 1 fully saturated rings. The largest absolute Gasteiger partial charge is 0.483 e. The first-order valence-electron chi connectivity index (χ1n) is 8.74. The zero-order valence-corrected chi connectivity index (χ0v) is 16.4. The molecule has 0 bridgehead atoms. The van der Waals surface area contributed by atoms with Crippen molar-refractivity contribution >= 4 is 45.5 Å². The number of hydrogen-bond donors (Lipinski definition) is 2. The lowest BCUT2D eigenvalue weighted by atomic mass is 10.0. The number of fused-ring (bicyclic) bond motifs is 1. The molecule has 0 aliphatic carbocycles. The van der Waals surface area contributed by atoms with Crippen LogP contribution in [0.25, 0.3) is 0 Å². The lowest BCUT2D eigenvalue weighted by Crippen LogP contribution is -2.54. The average molecular weight is 452 g/mol. The maximum Gasteiger partial charge on any atom is 0.266 e. The average Bonchev–Trinajstić information content (AvgIpc) is 2.92. The van der Waals surface area contributed by atoms with Crippen molar-refractivity contribution in [3.8, 4) is 5.75 Å². The number of ether oxygens (including phenoxy) is 1. The van der Waals surface area contributed by atoms with Crippen LogP contribution in [0.2, 0.25) is 0 Å². The molecular weight excluding hydrogens is 434 g/mol. The van der Waals surface area contributed by atoms with Crippen LogP contribution in [-0.4, -0.2) is 59.0 Å². The normalized spacial score (nSPS) is 18.8. The summed E-state index contributed by atoms with van der Waals surface area (Å²) in [6, 6.07) is 3.44. The second-order valence-electron chi connectivity index (χ2n) is 6.31. The molecule has 0 spiro atoms. The molecule has 1 aromatic rings. The highest BCUT2D eigenvalue weighted by Crippen LogP contribution is 2.33. The first-order valence-corrected chi connectivity index (χ1v) is 9.86. The van der Waals surface area contributed by atoms with Crippen molar-refractivity contribution in [3.05, 3.63) is 29.3 Å². The lowest BCUT2D eigenvalue weighted by molar-refractivity contribution is -0.136. The summed E-state index contributed by atoms with van der Waals surface area (Å²) in [7, 11) is 0. The van der Waals surface area contributed by atoms with Gasteiger partial charge in [-0.2, -0.15) is 0 Å². The Hall–Kier alpha value is -2.75. The molecule has 28 heavy (non-hydrogen) atoms. The molecule has 0 saturated carbocycles. The number of alkyl halides is 1. The molecule has 2 aliphatic rings. The molecule has 10 heteroatoms. The third-order valence-corrected chi connectivity index (χ3v) is 4.98. The van der Waals surface area contributed by atoms with E-state index in [2.05, 4.69) is 26.6 Å². The van der Waals surface area contributed by atoms with E-state index in [9.17, 15) is 24.0 Å². The number of carbonyl (C=O) groups excluding carboxylic acids is 5. The van der Waals surface area contributed by atoms with Crippen molar-refractivity contribution in [2.24, 2.45) is 0 Å². The molecule has 1 aromatic carbocycles. The van der Waals surface area contributed by atoms with E-state index in [1.165, 1.54) is 18.2 Å². The molecule has 148 valence electrons. The predicted molar refractivity (Wildman–Crippen MR) is 100 cm³/mol. The summed E-state index contributed by atoms with van der Waals surface area (Å²) >= 11 is 3.26. The minimum absolute atomic E-state index is 0.0189. The Bertz CT molecular complexity index is 856. The van der Waals surface area contributed by atoms with E-state index in [1.54, 1.807) is 0 Å². The maximum absolute atomic E-state index is 12.9. The van der Waals surface area contributed by atoms with Gasteiger partial charge in [0.25, 0.3) is 17.7 Å². The number of nitrogens with zero attached hydrogens (tertiary/aromatic N) is 1. The van der Waals surface area contributed by atoms with Gasteiger partial charge in [-0.1, -0.05) is 22.0 Å². The fourth-order valence-corrected chi connectivity index (χ4v) is 3.37. The molecule has 1 saturated heterocycles. The number of carbonyl (C=O) groups is 5. The zero-order valence-electron chi connectivity index (χ0n) is 14.8. The minimum atomic E-state index is -1.05. The van der Waals surface area contributed by atoms with Crippen LogP contribution in [0.1, 0.15) is 40.0 Å². The summed E-state index contributed by atoms with van der Waals surface area (Å²) in [6.07, 6.45) is 0.879. The van der Waals surface area contributed by atoms with Gasteiger partial charge < -0.3 is 10.1 Å². The van der Waals surface area contributed by atoms with E-state index in [-0.39, 0.29) is 42.2 Å². The predicted octanol–water partition coefficient (Wildman–Crippen LogP) is 0.368. The van der Waals surface area contributed by atoms with Crippen LogP contribution in [-0.2, 0) is 14.4 Å². The third kappa shape index (κ3) is 3.91. The number of benzene rings is 1. The Labute approximate surface area is 168 Å². The van der Waals surface area contributed by atoms with Crippen LogP contribution in [0.15, 0.2) is 18.2 Å². The second-order valence-corrected chi connectivity index (χ2v) is 7.10. The molecule has 2 aliphatic heterocycles.